The van der Waals surface area contributed by atoms with E-state index in [1.165, 1.54) is 0 Å². The lowest BCUT2D eigenvalue weighted by molar-refractivity contribution is 0.0955. The Balaban J connectivity index is 2.73. The van der Waals surface area contributed by atoms with Gasteiger partial charge in [0.1, 0.15) is 0 Å². The van der Waals surface area contributed by atoms with Gasteiger partial charge in [-0.15, -0.1) is 0 Å². The van der Waals surface area contributed by atoms with E-state index < -0.39 is 6.10 Å². The number of benzene rings is 1. The highest BCUT2D eigenvalue weighted by Gasteiger charge is 2.04. The number of hydrogen-bond acceptors (Lipinski definition) is 2. The Bertz CT molecular complexity index is 286. The van der Waals surface area contributed by atoms with Gasteiger partial charge >= 0.3 is 0 Å². The first-order valence-electron chi connectivity index (χ1n) is 4.17. The Hall–Kier alpha value is -0.570. The first-order chi connectivity index (χ1) is 6.13. The van der Waals surface area contributed by atoms with E-state index in [-0.39, 0.29) is 6.61 Å². The highest BCUT2D eigenvalue weighted by atomic mass is 35.5. The molecule has 0 saturated heterocycles. The van der Waals surface area contributed by atoms with Crippen molar-refractivity contribution in [2.24, 2.45) is 0 Å². The van der Waals surface area contributed by atoms with Gasteiger partial charge in [0.2, 0.25) is 0 Å². The highest BCUT2D eigenvalue weighted by molar-refractivity contribution is 6.31. The van der Waals surface area contributed by atoms with Crippen molar-refractivity contribution >= 4 is 11.6 Å². The molecule has 3 heteroatoms. The number of aryl methyl sites for hydroxylation is 1. The van der Waals surface area contributed by atoms with Crippen LogP contribution >= 0.6 is 11.6 Å². The Morgan fingerprint density at radius 2 is 2.15 bits per heavy atom. The Kier molecular flexibility index (Phi) is 3.72. The zero-order valence-corrected chi connectivity index (χ0v) is 8.25. The van der Waals surface area contributed by atoms with E-state index in [2.05, 4.69) is 0 Å². The van der Waals surface area contributed by atoms with Crippen LogP contribution in [0.25, 0.3) is 0 Å². The fourth-order valence-electron chi connectivity index (χ4n) is 1.10. The van der Waals surface area contributed by atoms with Gasteiger partial charge in [-0.25, -0.2) is 0 Å². The third kappa shape index (κ3) is 2.99. The maximum absolute atomic E-state index is 9.18. The Morgan fingerprint density at radius 1 is 1.46 bits per heavy atom. The Labute approximate surface area is 82.8 Å². The summed E-state index contributed by atoms with van der Waals surface area (Å²) in [7, 11) is 0. The molecule has 0 radical (unpaired) electrons. The smallest absolute Gasteiger partial charge is 0.0811 e. The van der Waals surface area contributed by atoms with E-state index in [0.717, 1.165) is 11.1 Å². The van der Waals surface area contributed by atoms with Crippen LogP contribution in [0.5, 0.6) is 0 Å². The van der Waals surface area contributed by atoms with Gasteiger partial charge in [0, 0.05) is 11.4 Å². The maximum atomic E-state index is 9.18. The summed E-state index contributed by atoms with van der Waals surface area (Å²) in [6.07, 6.45) is -0.255. The van der Waals surface area contributed by atoms with Crippen molar-refractivity contribution in [2.45, 2.75) is 19.4 Å². The molecule has 0 spiro atoms. The van der Waals surface area contributed by atoms with Crippen LogP contribution < -0.4 is 0 Å². The van der Waals surface area contributed by atoms with Crippen molar-refractivity contribution in [3.63, 3.8) is 0 Å². The average molecular weight is 201 g/mol. The molecule has 0 amide bonds. The molecule has 0 aliphatic heterocycles. The second-order valence-electron chi connectivity index (χ2n) is 3.12. The van der Waals surface area contributed by atoms with Gasteiger partial charge in [-0.1, -0.05) is 23.7 Å². The van der Waals surface area contributed by atoms with E-state index in [0.29, 0.717) is 11.4 Å². The van der Waals surface area contributed by atoms with Crippen LogP contribution in [0, 0.1) is 6.92 Å². The maximum Gasteiger partial charge on any atom is 0.0811 e. The summed E-state index contributed by atoms with van der Waals surface area (Å²) in [5.41, 5.74) is 1.96. The van der Waals surface area contributed by atoms with Crippen LogP contribution in [0.3, 0.4) is 0 Å². The van der Waals surface area contributed by atoms with Gasteiger partial charge in [0.05, 0.1) is 12.7 Å². The van der Waals surface area contributed by atoms with Crippen LogP contribution in [-0.4, -0.2) is 22.9 Å². The molecule has 72 valence electrons. The fraction of sp³-hybridized carbons (Fsp3) is 0.400. The van der Waals surface area contributed by atoms with Gasteiger partial charge in [0.25, 0.3) is 0 Å². The van der Waals surface area contributed by atoms with E-state index in [9.17, 15) is 5.11 Å². The average Bonchev–Trinajstić information content (AvgIpc) is 2.11. The molecule has 1 aromatic carbocycles. The minimum atomic E-state index is -0.696. The number of hydrogen-bond donors (Lipinski definition) is 2. The van der Waals surface area contributed by atoms with Gasteiger partial charge in [-0.05, 0) is 24.1 Å². The van der Waals surface area contributed by atoms with E-state index in [4.69, 9.17) is 16.7 Å². The summed E-state index contributed by atoms with van der Waals surface area (Å²) in [5.74, 6) is 0. The van der Waals surface area contributed by atoms with E-state index in [1.54, 1.807) is 0 Å². The van der Waals surface area contributed by atoms with Crippen LogP contribution in [0.1, 0.15) is 11.1 Å². The second kappa shape index (κ2) is 4.61. The van der Waals surface area contributed by atoms with Crippen LogP contribution in [0.15, 0.2) is 18.2 Å². The molecule has 0 fully saturated rings. The van der Waals surface area contributed by atoms with Crippen molar-refractivity contribution in [2.75, 3.05) is 6.61 Å². The molecule has 1 atom stereocenters. The fourth-order valence-corrected chi connectivity index (χ4v) is 1.30. The lowest BCUT2D eigenvalue weighted by Gasteiger charge is -2.07. The number of aliphatic hydroxyl groups excluding tert-OH is 2. The predicted molar refractivity (Wildman–Crippen MR) is 53.0 cm³/mol. The number of rotatable bonds is 3. The molecule has 0 saturated carbocycles. The molecule has 0 aliphatic carbocycles. The first-order valence-corrected chi connectivity index (χ1v) is 4.55. The molecule has 2 N–H and O–H groups in total. The minimum absolute atomic E-state index is 0.217. The monoisotopic (exact) mass is 200 g/mol. The van der Waals surface area contributed by atoms with E-state index >= 15 is 0 Å². The molecule has 1 unspecified atom stereocenters. The molecular weight excluding hydrogens is 188 g/mol. The third-order valence-electron chi connectivity index (χ3n) is 1.92. The van der Waals surface area contributed by atoms with Crippen LogP contribution in [0.2, 0.25) is 5.02 Å². The van der Waals surface area contributed by atoms with Crippen LogP contribution in [-0.2, 0) is 6.42 Å². The second-order valence-corrected chi connectivity index (χ2v) is 3.53. The Morgan fingerprint density at radius 3 is 2.69 bits per heavy atom. The number of halogens is 1. The summed E-state index contributed by atoms with van der Waals surface area (Å²) in [4.78, 5) is 0. The van der Waals surface area contributed by atoms with Crippen molar-refractivity contribution < 1.29 is 10.2 Å². The van der Waals surface area contributed by atoms with E-state index in [1.807, 2.05) is 25.1 Å². The van der Waals surface area contributed by atoms with Gasteiger partial charge in [0.15, 0.2) is 0 Å². The van der Waals surface area contributed by atoms with Gasteiger partial charge in [-0.2, -0.15) is 0 Å². The first kappa shape index (κ1) is 10.5. The summed E-state index contributed by atoms with van der Waals surface area (Å²) >= 11 is 5.90. The zero-order chi connectivity index (χ0) is 9.84. The molecular formula is C10H13ClO2. The largest absolute Gasteiger partial charge is 0.394 e. The lowest BCUT2D eigenvalue weighted by atomic mass is 10.1. The molecule has 0 aromatic heterocycles. The van der Waals surface area contributed by atoms with Gasteiger partial charge in [-0.3, -0.25) is 0 Å². The van der Waals surface area contributed by atoms with Crippen LogP contribution in [0.4, 0.5) is 0 Å². The summed E-state index contributed by atoms with van der Waals surface area (Å²) in [5, 5.41) is 18.5. The molecule has 0 heterocycles. The molecule has 1 aromatic rings. The highest BCUT2D eigenvalue weighted by Crippen LogP contribution is 2.17. The molecule has 2 nitrogen and oxygen atoms in total. The topological polar surface area (TPSA) is 40.5 Å². The number of aliphatic hydroxyl groups is 2. The van der Waals surface area contributed by atoms with Crippen molar-refractivity contribution in [1.29, 1.82) is 0 Å². The van der Waals surface area contributed by atoms with Crippen molar-refractivity contribution in [3.8, 4) is 0 Å². The lowest BCUT2D eigenvalue weighted by Crippen LogP contribution is -2.14. The molecule has 13 heavy (non-hydrogen) atoms. The zero-order valence-electron chi connectivity index (χ0n) is 7.50. The summed E-state index contributed by atoms with van der Waals surface area (Å²) in [6, 6.07) is 5.62. The summed E-state index contributed by atoms with van der Waals surface area (Å²) < 4.78 is 0. The van der Waals surface area contributed by atoms with Crippen molar-refractivity contribution in [1.82, 2.24) is 0 Å². The SMILES string of the molecule is Cc1ccc(CC(O)CO)cc1Cl. The van der Waals surface area contributed by atoms with Gasteiger partial charge < -0.3 is 10.2 Å². The third-order valence-corrected chi connectivity index (χ3v) is 2.33. The normalized spacial score (nSPS) is 12.9. The molecule has 0 aliphatic rings. The standard InChI is InChI=1S/C10H13ClO2/c1-7-2-3-8(5-10(7)11)4-9(13)6-12/h2-3,5,9,12-13H,4,6H2,1H3. The minimum Gasteiger partial charge on any atom is -0.394 e. The summed E-state index contributed by atoms with van der Waals surface area (Å²) in [6.45, 7) is 1.71. The molecule has 0 bridgehead atoms. The predicted octanol–water partition coefficient (Wildman–Crippen LogP) is 1.54. The van der Waals surface area contributed by atoms with Crippen molar-refractivity contribution in [3.05, 3.63) is 34.3 Å². The quantitative estimate of drug-likeness (QED) is 0.777. The molecule has 1 rings (SSSR count).